The van der Waals surface area contributed by atoms with Crippen LogP contribution in [0.3, 0.4) is 0 Å². The molecule has 0 saturated carbocycles. The average Bonchev–Trinajstić information content (AvgIpc) is 3.42. The predicted octanol–water partition coefficient (Wildman–Crippen LogP) is 22.5. The molecule has 0 aromatic carbocycles. The molecule has 0 saturated heterocycles. The van der Waals surface area contributed by atoms with Crippen LogP contribution in [0, 0.1) is 0 Å². The Hall–Kier alpha value is -3.15. The Labute approximate surface area is 472 Å². The third-order valence-corrected chi connectivity index (χ3v) is 14.4. The van der Waals surface area contributed by atoms with E-state index in [0.717, 1.165) is 96.3 Å². The van der Waals surface area contributed by atoms with Gasteiger partial charge in [0.15, 0.2) is 6.10 Å². The van der Waals surface area contributed by atoms with Crippen molar-refractivity contribution in [2.45, 2.75) is 341 Å². The van der Waals surface area contributed by atoms with E-state index >= 15 is 0 Å². The monoisotopic (exact) mass is 1060 g/mol. The first kappa shape index (κ1) is 72.8. The number of carbonyl (C=O) groups excluding carboxylic acids is 3. The highest BCUT2D eigenvalue weighted by Gasteiger charge is 2.19. The minimum absolute atomic E-state index is 0.0865. The van der Waals surface area contributed by atoms with Crippen molar-refractivity contribution in [3.63, 3.8) is 0 Å². The van der Waals surface area contributed by atoms with Crippen molar-refractivity contribution in [1.82, 2.24) is 0 Å². The van der Waals surface area contributed by atoms with Crippen molar-refractivity contribution in [2.75, 3.05) is 13.2 Å². The second-order valence-corrected chi connectivity index (χ2v) is 22.0. The van der Waals surface area contributed by atoms with Crippen LogP contribution in [-0.4, -0.2) is 37.2 Å². The number of carbonyl (C=O) groups is 3. The lowest BCUT2D eigenvalue weighted by Crippen LogP contribution is -2.30. The fraction of sp³-hybridized carbons (Fsp3) is 0.786. The summed E-state index contributed by atoms with van der Waals surface area (Å²) in [7, 11) is 0. The van der Waals surface area contributed by atoms with Gasteiger partial charge in [0.2, 0.25) is 0 Å². The van der Waals surface area contributed by atoms with Crippen molar-refractivity contribution in [2.24, 2.45) is 0 Å². The SMILES string of the molecule is CCCCCC/C=C\C/C=C\CCCCCCCC(=O)OCC(COC(=O)CCCCCCCC/C=C\C/C=C\C/C=C\CCCCCCC)OC(=O)CCCCCCCCCCC/C=C\CCCCCCCCCC. The average molecular weight is 1060 g/mol. The molecule has 0 spiro atoms. The molecule has 6 nitrogen and oxygen atoms in total. The van der Waals surface area contributed by atoms with Crippen LogP contribution >= 0.6 is 0 Å². The first-order chi connectivity index (χ1) is 37.5. The molecule has 440 valence electrons. The number of unbranched alkanes of at least 4 members (excludes halogenated alkanes) is 37. The van der Waals surface area contributed by atoms with Gasteiger partial charge in [-0.25, -0.2) is 0 Å². The molecule has 0 aliphatic carbocycles. The number of ether oxygens (including phenoxy) is 3. The lowest BCUT2D eigenvalue weighted by atomic mass is 10.1. The van der Waals surface area contributed by atoms with Crippen molar-refractivity contribution >= 4 is 17.9 Å². The van der Waals surface area contributed by atoms with Crippen LogP contribution in [0.5, 0.6) is 0 Å². The van der Waals surface area contributed by atoms with E-state index in [4.69, 9.17) is 14.2 Å². The van der Waals surface area contributed by atoms with E-state index in [-0.39, 0.29) is 31.1 Å². The fourth-order valence-corrected chi connectivity index (χ4v) is 9.42. The van der Waals surface area contributed by atoms with Crippen molar-refractivity contribution in [3.05, 3.63) is 72.9 Å². The highest BCUT2D eigenvalue weighted by molar-refractivity contribution is 5.71. The molecule has 6 heteroatoms. The van der Waals surface area contributed by atoms with E-state index in [1.165, 1.54) is 199 Å². The number of hydrogen-bond donors (Lipinski definition) is 0. The Kier molecular flexibility index (Phi) is 61.7. The fourth-order valence-electron chi connectivity index (χ4n) is 9.42. The zero-order valence-corrected chi connectivity index (χ0v) is 50.5. The Morgan fingerprint density at radius 3 is 0.763 bits per heavy atom. The molecule has 0 radical (unpaired) electrons. The Bertz CT molecular complexity index is 1400. The summed E-state index contributed by atoms with van der Waals surface area (Å²) >= 11 is 0. The van der Waals surface area contributed by atoms with E-state index in [9.17, 15) is 14.4 Å². The second kappa shape index (κ2) is 64.4. The largest absolute Gasteiger partial charge is 0.462 e. The quantitative estimate of drug-likeness (QED) is 0.0261. The maximum Gasteiger partial charge on any atom is 0.306 e. The highest BCUT2D eigenvalue weighted by Crippen LogP contribution is 2.16. The molecule has 0 aromatic rings. The van der Waals surface area contributed by atoms with Crippen molar-refractivity contribution < 1.29 is 28.6 Å². The third kappa shape index (κ3) is 61.7. The molecular weight excluding hydrogens is 937 g/mol. The molecule has 0 bridgehead atoms. The summed E-state index contributed by atoms with van der Waals surface area (Å²) < 4.78 is 16.9. The van der Waals surface area contributed by atoms with Gasteiger partial charge in [0.25, 0.3) is 0 Å². The Balaban J connectivity index is 4.40. The zero-order chi connectivity index (χ0) is 55.0. The van der Waals surface area contributed by atoms with Crippen molar-refractivity contribution in [3.8, 4) is 0 Å². The summed E-state index contributed by atoms with van der Waals surface area (Å²) in [5.74, 6) is -0.898. The summed E-state index contributed by atoms with van der Waals surface area (Å²) in [5.41, 5.74) is 0. The summed E-state index contributed by atoms with van der Waals surface area (Å²) in [6.45, 7) is 6.63. The molecule has 0 aromatic heterocycles. The van der Waals surface area contributed by atoms with Gasteiger partial charge < -0.3 is 14.2 Å². The van der Waals surface area contributed by atoms with Gasteiger partial charge in [-0.15, -0.1) is 0 Å². The first-order valence-corrected chi connectivity index (χ1v) is 32.9. The first-order valence-electron chi connectivity index (χ1n) is 32.9. The van der Waals surface area contributed by atoms with Crippen LogP contribution < -0.4 is 0 Å². The Morgan fingerprint density at radius 1 is 0.263 bits per heavy atom. The third-order valence-electron chi connectivity index (χ3n) is 14.4. The van der Waals surface area contributed by atoms with Crippen LogP contribution in [0.2, 0.25) is 0 Å². The second-order valence-electron chi connectivity index (χ2n) is 22.0. The van der Waals surface area contributed by atoms with E-state index in [1.807, 2.05) is 0 Å². The minimum Gasteiger partial charge on any atom is -0.462 e. The van der Waals surface area contributed by atoms with Gasteiger partial charge in [0.05, 0.1) is 0 Å². The van der Waals surface area contributed by atoms with Crippen molar-refractivity contribution in [1.29, 1.82) is 0 Å². The van der Waals surface area contributed by atoms with E-state index < -0.39 is 6.10 Å². The summed E-state index contributed by atoms with van der Waals surface area (Å²) in [6.07, 6.45) is 83.3. The molecular formula is C70H124O6. The van der Waals surface area contributed by atoms with Crippen LogP contribution in [0.4, 0.5) is 0 Å². The van der Waals surface area contributed by atoms with E-state index in [0.29, 0.717) is 19.3 Å². The van der Waals surface area contributed by atoms with Gasteiger partial charge in [0, 0.05) is 19.3 Å². The Morgan fingerprint density at radius 2 is 0.474 bits per heavy atom. The molecule has 0 amide bonds. The molecule has 76 heavy (non-hydrogen) atoms. The molecule has 0 fully saturated rings. The van der Waals surface area contributed by atoms with Gasteiger partial charge in [-0.2, -0.15) is 0 Å². The lowest BCUT2D eigenvalue weighted by molar-refractivity contribution is -0.167. The summed E-state index contributed by atoms with van der Waals surface area (Å²) in [4.78, 5) is 38.4. The minimum atomic E-state index is -0.790. The lowest BCUT2D eigenvalue weighted by Gasteiger charge is -2.18. The molecule has 0 aliphatic rings. The van der Waals surface area contributed by atoms with Gasteiger partial charge >= 0.3 is 17.9 Å². The van der Waals surface area contributed by atoms with Crippen LogP contribution in [0.15, 0.2) is 72.9 Å². The number of allylic oxidation sites excluding steroid dienone is 12. The zero-order valence-electron chi connectivity index (χ0n) is 50.5. The van der Waals surface area contributed by atoms with E-state index in [2.05, 4.69) is 93.7 Å². The smallest absolute Gasteiger partial charge is 0.306 e. The summed E-state index contributed by atoms with van der Waals surface area (Å²) in [5, 5.41) is 0. The maximum absolute atomic E-state index is 12.9. The molecule has 0 rings (SSSR count). The molecule has 0 aliphatic heterocycles. The number of esters is 3. The van der Waals surface area contributed by atoms with Crippen LogP contribution in [0.1, 0.15) is 335 Å². The highest BCUT2D eigenvalue weighted by atomic mass is 16.6. The topological polar surface area (TPSA) is 78.9 Å². The molecule has 0 N–H and O–H groups in total. The van der Waals surface area contributed by atoms with Crippen LogP contribution in [0.25, 0.3) is 0 Å². The maximum atomic E-state index is 12.9. The molecule has 1 unspecified atom stereocenters. The normalized spacial score (nSPS) is 12.5. The predicted molar refractivity (Wildman–Crippen MR) is 330 cm³/mol. The van der Waals surface area contributed by atoms with Gasteiger partial charge in [-0.3, -0.25) is 14.4 Å². The summed E-state index contributed by atoms with van der Waals surface area (Å²) in [6, 6.07) is 0. The van der Waals surface area contributed by atoms with Crippen LogP contribution in [-0.2, 0) is 28.6 Å². The molecule has 1 atom stereocenters. The van der Waals surface area contributed by atoms with E-state index in [1.54, 1.807) is 0 Å². The standard InChI is InChI=1S/C70H124O6/c1-4-7-10-13-16-19-22-25-28-31-33-35-37-39-42-45-48-51-54-57-60-63-69(72)75-66-67(65-74-68(71)62-59-56-53-50-47-44-41-30-27-24-21-18-15-12-9-6-3)76-70(73)64-61-58-55-52-49-46-43-40-38-36-34-32-29-26-23-20-17-14-11-8-5-2/h21-22,24-25,30-34,37,39,41,67H,4-20,23,26-29,35-36,38,40,42-66H2,1-3H3/b24-21-,25-22-,33-31-,34-32-,39-37-,41-30-. The number of hydrogen-bond acceptors (Lipinski definition) is 6. The van der Waals surface area contributed by atoms with Gasteiger partial charge in [-0.05, 0) is 116 Å². The molecule has 0 heterocycles. The van der Waals surface area contributed by atoms with Gasteiger partial charge in [-0.1, -0.05) is 273 Å². The van der Waals surface area contributed by atoms with Gasteiger partial charge in [0.1, 0.15) is 13.2 Å². The number of rotatable bonds is 60.